The number of nitrogens with zero attached hydrogens (tertiary/aromatic N) is 1. The highest BCUT2D eigenvalue weighted by Gasteiger charge is 2.12. The fourth-order valence-corrected chi connectivity index (χ4v) is 2.56. The van der Waals surface area contributed by atoms with E-state index in [1.807, 2.05) is 12.1 Å². The molecule has 4 heteroatoms. The van der Waals surface area contributed by atoms with Crippen molar-refractivity contribution in [3.8, 4) is 0 Å². The number of ether oxygens (including phenoxy) is 1. The summed E-state index contributed by atoms with van der Waals surface area (Å²) in [5, 5.41) is 3.41. The minimum absolute atomic E-state index is 0.104. The average molecular weight is 294 g/mol. The van der Waals surface area contributed by atoms with E-state index in [1.165, 1.54) is 0 Å². The first-order chi connectivity index (χ1) is 10.1. The third-order valence-electron chi connectivity index (χ3n) is 3.70. The molecule has 0 atom stereocenters. The van der Waals surface area contributed by atoms with E-state index >= 15 is 0 Å². The molecule has 1 fully saturated rings. The number of hydrogen-bond acceptors (Lipinski definition) is 3. The predicted octanol–water partition coefficient (Wildman–Crippen LogP) is 2.79. The lowest BCUT2D eigenvalue weighted by Gasteiger charge is -2.20. The Kier molecular flexibility index (Phi) is 6.61. The third-order valence-corrected chi connectivity index (χ3v) is 3.70. The van der Waals surface area contributed by atoms with E-state index in [1.54, 1.807) is 6.07 Å². The fourth-order valence-electron chi connectivity index (χ4n) is 2.56. The van der Waals surface area contributed by atoms with Crippen molar-refractivity contribution in [1.29, 1.82) is 0 Å². The summed E-state index contributed by atoms with van der Waals surface area (Å²) in [6.45, 7) is 10.3. The summed E-state index contributed by atoms with van der Waals surface area (Å²) in [4.78, 5) is 2.27. The summed E-state index contributed by atoms with van der Waals surface area (Å²) in [5.41, 5.74) is 1.94. The maximum Gasteiger partial charge on any atom is 0.127 e. The quantitative estimate of drug-likeness (QED) is 0.873. The van der Waals surface area contributed by atoms with Gasteiger partial charge in [0.15, 0.2) is 0 Å². The number of benzene rings is 1. The molecule has 0 aromatic heterocycles. The van der Waals surface area contributed by atoms with Crippen LogP contribution in [0.1, 0.15) is 31.4 Å². The lowest BCUT2D eigenvalue weighted by atomic mass is 10.1. The molecule has 0 radical (unpaired) electrons. The molecule has 0 amide bonds. The van der Waals surface area contributed by atoms with Gasteiger partial charge in [0.05, 0.1) is 6.61 Å². The summed E-state index contributed by atoms with van der Waals surface area (Å²) >= 11 is 0. The van der Waals surface area contributed by atoms with Gasteiger partial charge in [-0.3, -0.25) is 4.90 Å². The molecule has 1 aliphatic rings. The molecule has 1 aliphatic heterocycles. The monoisotopic (exact) mass is 294 g/mol. The van der Waals surface area contributed by atoms with Crippen LogP contribution >= 0.6 is 0 Å². The van der Waals surface area contributed by atoms with Gasteiger partial charge < -0.3 is 10.1 Å². The summed E-state index contributed by atoms with van der Waals surface area (Å²) in [6.07, 6.45) is 1.03. The van der Waals surface area contributed by atoms with Gasteiger partial charge in [0, 0.05) is 38.3 Å². The molecule has 1 saturated heterocycles. The predicted molar refractivity (Wildman–Crippen MR) is 83.7 cm³/mol. The van der Waals surface area contributed by atoms with E-state index < -0.39 is 0 Å². The lowest BCUT2D eigenvalue weighted by molar-refractivity contribution is 0.140. The van der Waals surface area contributed by atoms with Crippen LogP contribution in [0, 0.1) is 11.7 Å². The summed E-state index contributed by atoms with van der Waals surface area (Å²) in [5.74, 6) is 0.523. The van der Waals surface area contributed by atoms with Crippen LogP contribution in [0.15, 0.2) is 18.2 Å². The molecule has 0 aliphatic carbocycles. The Balaban J connectivity index is 1.94. The molecule has 0 bridgehead atoms. The van der Waals surface area contributed by atoms with Crippen molar-refractivity contribution in [1.82, 2.24) is 10.2 Å². The second-order valence-electron chi connectivity index (χ2n) is 6.19. The molecule has 3 nitrogen and oxygen atoms in total. The molecule has 118 valence electrons. The van der Waals surface area contributed by atoms with Gasteiger partial charge in [-0.1, -0.05) is 26.0 Å². The summed E-state index contributed by atoms with van der Waals surface area (Å²) in [7, 11) is 0. The highest BCUT2D eigenvalue weighted by atomic mass is 19.1. The van der Waals surface area contributed by atoms with Gasteiger partial charge in [0.2, 0.25) is 0 Å². The van der Waals surface area contributed by atoms with E-state index in [-0.39, 0.29) is 5.82 Å². The van der Waals surface area contributed by atoms with Crippen molar-refractivity contribution >= 4 is 0 Å². The van der Waals surface area contributed by atoms with Crippen LogP contribution in [-0.4, -0.2) is 37.7 Å². The fraction of sp³-hybridized carbons (Fsp3) is 0.647. The number of halogens is 1. The second-order valence-corrected chi connectivity index (χ2v) is 6.19. The van der Waals surface area contributed by atoms with Crippen LogP contribution in [0.3, 0.4) is 0 Å². The van der Waals surface area contributed by atoms with Gasteiger partial charge in [-0.05, 0) is 30.5 Å². The Morgan fingerprint density at radius 1 is 1.29 bits per heavy atom. The van der Waals surface area contributed by atoms with E-state index in [9.17, 15) is 4.39 Å². The standard InChI is InChI=1S/C17H27FN2O/c1-14(2)11-19-12-15-4-5-17(18)16(10-15)13-20-6-3-8-21-9-7-20/h4-5,10,14,19H,3,6-9,11-13H2,1-2H3. The van der Waals surface area contributed by atoms with E-state index in [0.717, 1.165) is 56.9 Å². The van der Waals surface area contributed by atoms with Crippen LogP contribution < -0.4 is 5.32 Å². The Hall–Kier alpha value is -0.970. The Bertz CT molecular complexity index is 429. The second kappa shape index (κ2) is 8.47. The lowest BCUT2D eigenvalue weighted by Crippen LogP contribution is -2.26. The number of hydrogen-bond donors (Lipinski definition) is 1. The number of rotatable bonds is 6. The third kappa shape index (κ3) is 5.73. The van der Waals surface area contributed by atoms with Gasteiger partial charge >= 0.3 is 0 Å². The molecule has 0 spiro atoms. The van der Waals surface area contributed by atoms with Crippen molar-refractivity contribution in [3.63, 3.8) is 0 Å². The molecule has 0 saturated carbocycles. The van der Waals surface area contributed by atoms with E-state index in [4.69, 9.17) is 4.74 Å². The first-order valence-corrected chi connectivity index (χ1v) is 7.93. The maximum absolute atomic E-state index is 14.0. The topological polar surface area (TPSA) is 24.5 Å². The normalized spacial score (nSPS) is 17.1. The zero-order valence-electron chi connectivity index (χ0n) is 13.2. The Morgan fingerprint density at radius 2 is 2.14 bits per heavy atom. The SMILES string of the molecule is CC(C)CNCc1ccc(F)c(CN2CCCOCC2)c1. The van der Waals surface area contributed by atoms with Crippen molar-refractivity contribution in [2.45, 2.75) is 33.4 Å². The van der Waals surface area contributed by atoms with Gasteiger partial charge in [-0.15, -0.1) is 0 Å². The zero-order valence-corrected chi connectivity index (χ0v) is 13.2. The minimum Gasteiger partial charge on any atom is -0.380 e. The van der Waals surface area contributed by atoms with Crippen molar-refractivity contribution in [2.24, 2.45) is 5.92 Å². The van der Waals surface area contributed by atoms with Gasteiger partial charge in [-0.2, -0.15) is 0 Å². The molecule has 2 rings (SSSR count). The van der Waals surface area contributed by atoms with Crippen LogP contribution in [0.2, 0.25) is 0 Å². The zero-order chi connectivity index (χ0) is 15.1. The number of nitrogens with one attached hydrogen (secondary N) is 1. The highest BCUT2D eigenvalue weighted by molar-refractivity contribution is 5.25. The van der Waals surface area contributed by atoms with Crippen molar-refractivity contribution < 1.29 is 9.13 Å². The molecule has 1 N–H and O–H groups in total. The van der Waals surface area contributed by atoms with Crippen molar-refractivity contribution in [2.75, 3.05) is 32.8 Å². The largest absolute Gasteiger partial charge is 0.380 e. The van der Waals surface area contributed by atoms with E-state index in [0.29, 0.717) is 12.5 Å². The van der Waals surface area contributed by atoms with Crippen molar-refractivity contribution in [3.05, 3.63) is 35.1 Å². The molecule has 1 aromatic rings. The van der Waals surface area contributed by atoms with Gasteiger partial charge in [0.1, 0.15) is 5.82 Å². The van der Waals surface area contributed by atoms with E-state index in [2.05, 4.69) is 24.1 Å². The Morgan fingerprint density at radius 3 is 2.95 bits per heavy atom. The van der Waals surface area contributed by atoms with Crippen LogP contribution in [-0.2, 0) is 17.8 Å². The minimum atomic E-state index is -0.104. The summed E-state index contributed by atoms with van der Waals surface area (Å²) in [6, 6.07) is 5.46. The first kappa shape index (κ1) is 16.4. The highest BCUT2D eigenvalue weighted by Crippen LogP contribution is 2.14. The van der Waals surface area contributed by atoms with Crippen LogP contribution in [0.25, 0.3) is 0 Å². The average Bonchev–Trinajstić information content (AvgIpc) is 2.70. The molecule has 1 heterocycles. The maximum atomic E-state index is 14.0. The van der Waals surface area contributed by atoms with Gasteiger partial charge in [-0.25, -0.2) is 4.39 Å². The molecule has 1 aromatic carbocycles. The first-order valence-electron chi connectivity index (χ1n) is 7.93. The summed E-state index contributed by atoms with van der Waals surface area (Å²) < 4.78 is 19.4. The molecule has 21 heavy (non-hydrogen) atoms. The smallest absolute Gasteiger partial charge is 0.127 e. The Labute approximate surface area is 127 Å². The van der Waals surface area contributed by atoms with Crippen LogP contribution in [0.5, 0.6) is 0 Å². The van der Waals surface area contributed by atoms with Crippen LogP contribution in [0.4, 0.5) is 4.39 Å². The molecule has 0 unspecified atom stereocenters. The molecular weight excluding hydrogens is 267 g/mol. The van der Waals surface area contributed by atoms with Gasteiger partial charge in [0.25, 0.3) is 0 Å². The molecular formula is C17H27FN2O.